The second-order valence-corrected chi connectivity index (χ2v) is 5.83. The van der Waals surface area contributed by atoms with Crippen molar-refractivity contribution in [2.45, 2.75) is 27.3 Å². The fraction of sp³-hybridized carbons (Fsp3) is 0.278. The van der Waals surface area contributed by atoms with Crippen LogP contribution in [0.4, 0.5) is 0 Å². The molecule has 0 radical (unpaired) electrons. The smallest absolute Gasteiger partial charge is 0.341 e. The Balaban J connectivity index is 1.80. The normalized spacial score (nSPS) is 10.8. The van der Waals surface area contributed by atoms with Crippen molar-refractivity contribution in [3.8, 4) is 0 Å². The van der Waals surface area contributed by atoms with Gasteiger partial charge >= 0.3 is 5.97 Å². The van der Waals surface area contributed by atoms with Gasteiger partial charge in [-0.05, 0) is 38.5 Å². The number of hydrogen-bond donors (Lipinski definition) is 0. The minimum atomic E-state index is -0.356. The monoisotopic (exact) mass is 324 g/mol. The molecular formula is C18H20N4O2. The fourth-order valence-corrected chi connectivity index (χ4v) is 2.49. The van der Waals surface area contributed by atoms with Gasteiger partial charge in [0, 0.05) is 18.6 Å². The molecular weight excluding hydrogens is 304 g/mol. The third kappa shape index (κ3) is 3.53. The van der Waals surface area contributed by atoms with E-state index in [1.54, 1.807) is 17.8 Å². The van der Waals surface area contributed by atoms with E-state index in [-0.39, 0.29) is 5.97 Å². The van der Waals surface area contributed by atoms with Crippen molar-refractivity contribution < 1.29 is 9.53 Å². The molecule has 0 spiro atoms. The molecule has 24 heavy (non-hydrogen) atoms. The summed E-state index contributed by atoms with van der Waals surface area (Å²) in [5.74, 6) is -0.356. The number of nitrogens with zero attached hydrogens (tertiary/aromatic N) is 4. The van der Waals surface area contributed by atoms with Crippen molar-refractivity contribution in [2.24, 2.45) is 0 Å². The van der Waals surface area contributed by atoms with E-state index in [0.29, 0.717) is 18.7 Å². The highest BCUT2D eigenvalue weighted by Gasteiger charge is 2.10. The average molecular weight is 324 g/mol. The fourth-order valence-electron chi connectivity index (χ4n) is 2.49. The molecule has 0 amide bonds. The summed E-state index contributed by atoms with van der Waals surface area (Å²) in [4.78, 5) is 16.3. The molecule has 6 heteroatoms. The van der Waals surface area contributed by atoms with Crippen LogP contribution in [0.2, 0.25) is 0 Å². The Morgan fingerprint density at radius 3 is 2.92 bits per heavy atom. The summed E-state index contributed by atoms with van der Waals surface area (Å²) in [5.41, 5.74) is 4.59. The van der Waals surface area contributed by atoms with Crippen LogP contribution in [0.1, 0.15) is 42.4 Å². The zero-order chi connectivity index (χ0) is 17.1. The van der Waals surface area contributed by atoms with Gasteiger partial charge in [-0.15, -0.1) is 0 Å². The lowest BCUT2D eigenvalue weighted by atomic mass is 10.2. The maximum absolute atomic E-state index is 11.7. The first-order chi connectivity index (χ1) is 11.5. The van der Waals surface area contributed by atoms with E-state index in [1.807, 2.05) is 22.9 Å². The third-order valence-electron chi connectivity index (χ3n) is 3.46. The molecule has 0 aliphatic carbocycles. The van der Waals surface area contributed by atoms with Crippen LogP contribution in [0, 0.1) is 0 Å². The molecule has 0 fully saturated rings. The lowest BCUT2D eigenvalue weighted by molar-refractivity contribution is 0.0526. The Hall–Kier alpha value is -2.89. The van der Waals surface area contributed by atoms with Crippen molar-refractivity contribution in [3.05, 3.63) is 59.3 Å². The Bertz CT molecular complexity index is 901. The van der Waals surface area contributed by atoms with Crippen molar-refractivity contribution >= 4 is 17.7 Å². The van der Waals surface area contributed by atoms with Crippen molar-refractivity contribution in [1.29, 1.82) is 0 Å². The molecule has 124 valence electrons. The van der Waals surface area contributed by atoms with Gasteiger partial charge in [-0.2, -0.15) is 5.10 Å². The number of ether oxygens (including phenoxy) is 1. The molecule has 3 aromatic rings. The van der Waals surface area contributed by atoms with Gasteiger partial charge in [-0.1, -0.05) is 11.6 Å². The lowest BCUT2D eigenvalue weighted by Crippen LogP contribution is -2.04. The quantitative estimate of drug-likeness (QED) is 0.676. The third-order valence-corrected chi connectivity index (χ3v) is 3.46. The largest absolute Gasteiger partial charge is 0.462 e. The summed E-state index contributed by atoms with van der Waals surface area (Å²) in [6, 6.07) is 4.10. The second-order valence-electron chi connectivity index (χ2n) is 5.83. The predicted octanol–water partition coefficient (Wildman–Crippen LogP) is 3.18. The summed E-state index contributed by atoms with van der Waals surface area (Å²) in [6.07, 6.45) is 9.27. The number of carbonyl (C=O) groups excluding carboxylic acids is 1. The first kappa shape index (κ1) is 16.0. The molecule has 3 rings (SSSR count). The Kier molecular flexibility index (Phi) is 4.46. The Morgan fingerprint density at radius 2 is 2.17 bits per heavy atom. The number of hydrogen-bond acceptors (Lipinski definition) is 4. The van der Waals surface area contributed by atoms with E-state index in [0.717, 1.165) is 16.9 Å². The summed E-state index contributed by atoms with van der Waals surface area (Å²) in [7, 11) is 0. The molecule has 0 atom stereocenters. The van der Waals surface area contributed by atoms with Crippen LogP contribution < -0.4 is 0 Å². The van der Waals surface area contributed by atoms with Crippen LogP contribution in [-0.4, -0.2) is 31.7 Å². The summed E-state index contributed by atoms with van der Waals surface area (Å²) in [6.45, 7) is 6.77. The van der Waals surface area contributed by atoms with E-state index in [1.165, 1.54) is 11.8 Å². The minimum Gasteiger partial charge on any atom is -0.462 e. The number of esters is 1. The molecule has 6 nitrogen and oxygen atoms in total. The van der Waals surface area contributed by atoms with Crippen LogP contribution in [0.15, 0.2) is 42.5 Å². The van der Waals surface area contributed by atoms with Gasteiger partial charge in [0.2, 0.25) is 0 Å². The van der Waals surface area contributed by atoms with Gasteiger partial charge in [-0.25, -0.2) is 9.78 Å². The standard InChI is InChI=1S/C18H20N4O2/c1-4-24-18(23)15-9-19-22(10-15)12-16-11-21-6-5-14(7-13(2)3)8-17(21)20-16/h5-11H,4,12H2,1-3H3. The molecule has 3 aromatic heterocycles. The Labute approximate surface area is 140 Å². The number of rotatable bonds is 5. The van der Waals surface area contributed by atoms with Crippen LogP contribution in [-0.2, 0) is 11.3 Å². The maximum atomic E-state index is 11.7. The Morgan fingerprint density at radius 1 is 1.33 bits per heavy atom. The van der Waals surface area contributed by atoms with Gasteiger partial charge in [0.15, 0.2) is 0 Å². The molecule has 0 saturated heterocycles. The summed E-state index contributed by atoms with van der Waals surface area (Å²) >= 11 is 0. The zero-order valence-electron chi connectivity index (χ0n) is 14.1. The number of pyridine rings is 1. The van der Waals surface area contributed by atoms with E-state index < -0.39 is 0 Å². The summed E-state index contributed by atoms with van der Waals surface area (Å²) in [5, 5.41) is 4.20. The van der Waals surface area contributed by atoms with Gasteiger partial charge in [0.25, 0.3) is 0 Å². The van der Waals surface area contributed by atoms with Crippen LogP contribution in [0.5, 0.6) is 0 Å². The number of imidazole rings is 1. The molecule has 0 aromatic carbocycles. The van der Waals surface area contributed by atoms with Gasteiger partial charge in [0.1, 0.15) is 5.65 Å². The molecule has 0 saturated carbocycles. The SMILES string of the molecule is CCOC(=O)c1cnn(Cc2cn3ccc(C=C(C)C)cc3n2)c1. The van der Waals surface area contributed by atoms with Crippen LogP contribution in [0.25, 0.3) is 11.7 Å². The van der Waals surface area contributed by atoms with E-state index >= 15 is 0 Å². The lowest BCUT2D eigenvalue weighted by Gasteiger charge is -1.97. The van der Waals surface area contributed by atoms with E-state index in [4.69, 9.17) is 4.74 Å². The van der Waals surface area contributed by atoms with Crippen molar-refractivity contribution in [3.63, 3.8) is 0 Å². The molecule has 0 aliphatic heterocycles. The maximum Gasteiger partial charge on any atom is 0.341 e. The molecule has 0 unspecified atom stereocenters. The zero-order valence-corrected chi connectivity index (χ0v) is 14.1. The highest BCUT2D eigenvalue weighted by Crippen LogP contribution is 2.12. The first-order valence-corrected chi connectivity index (χ1v) is 7.87. The number of fused-ring (bicyclic) bond motifs is 1. The van der Waals surface area contributed by atoms with Gasteiger partial charge in [0.05, 0.1) is 30.6 Å². The molecule has 0 bridgehead atoms. The minimum absolute atomic E-state index is 0.352. The average Bonchev–Trinajstić information content (AvgIpc) is 3.13. The molecule has 3 heterocycles. The van der Waals surface area contributed by atoms with E-state index in [9.17, 15) is 4.79 Å². The van der Waals surface area contributed by atoms with Gasteiger partial charge < -0.3 is 9.14 Å². The molecule has 0 aliphatic rings. The van der Waals surface area contributed by atoms with Crippen LogP contribution >= 0.6 is 0 Å². The van der Waals surface area contributed by atoms with E-state index in [2.05, 4.69) is 36.1 Å². The van der Waals surface area contributed by atoms with Crippen molar-refractivity contribution in [2.75, 3.05) is 6.61 Å². The van der Waals surface area contributed by atoms with Gasteiger partial charge in [-0.3, -0.25) is 4.68 Å². The van der Waals surface area contributed by atoms with Crippen LogP contribution in [0.3, 0.4) is 0 Å². The van der Waals surface area contributed by atoms with Crippen molar-refractivity contribution in [1.82, 2.24) is 19.2 Å². The highest BCUT2D eigenvalue weighted by atomic mass is 16.5. The summed E-state index contributed by atoms with van der Waals surface area (Å²) < 4.78 is 8.63. The second kappa shape index (κ2) is 6.70. The molecule has 0 N–H and O–H groups in total. The topological polar surface area (TPSA) is 61.4 Å². The number of aromatic nitrogens is 4. The number of allylic oxidation sites excluding steroid dienone is 1. The highest BCUT2D eigenvalue weighted by molar-refractivity contribution is 5.88. The predicted molar refractivity (Wildman–Crippen MR) is 91.8 cm³/mol. The number of carbonyl (C=O) groups is 1. The first-order valence-electron chi connectivity index (χ1n) is 7.87.